The van der Waals surface area contributed by atoms with Crippen molar-refractivity contribution in [2.45, 2.75) is 33.1 Å². The molecule has 0 bridgehead atoms. The first kappa shape index (κ1) is 20.3. The number of thiazole rings is 1. The lowest BCUT2D eigenvalue weighted by Gasteiger charge is -2.10. The highest BCUT2D eigenvalue weighted by atomic mass is 32.1. The van der Waals surface area contributed by atoms with E-state index in [1.807, 2.05) is 25.1 Å². The van der Waals surface area contributed by atoms with Gasteiger partial charge in [0.15, 0.2) is 11.5 Å². The summed E-state index contributed by atoms with van der Waals surface area (Å²) in [4.78, 5) is 15.2. The van der Waals surface area contributed by atoms with Gasteiger partial charge >= 0.3 is 0 Å². The van der Waals surface area contributed by atoms with Crippen molar-refractivity contribution in [3.63, 3.8) is 0 Å². The highest BCUT2D eigenvalue weighted by molar-refractivity contribution is 7.13. The Hall–Kier alpha value is -2.93. The average Bonchev–Trinajstić information content (AvgIpc) is 3.05. The lowest BCUT2D eigenvalue weighted by molar-refractivity contribution is -0.479. The smallest absolute Gasteiger partial charge is 0.207 e. The number of rotatable bonds is 6. The number of nitro groups is 1. The van der Waals surface area contributed by atoms with E-state index < -0.39 is 0 Å². The SMILES string of the molecule is Cc1cc(Cc2csc(-c3ccc4c(c3)OCCCO4)n2)c(C)cc1CC[N+](=O)[O-]. The molecule has 0 amide bonds. The van der Waals surface area contributed by atoms with E-state index in [1.54, 1.807) is 11.3 Å². The van der Waals surface area contributed by atoms with Crippen LogP contribution in [0.15, 0.2) is 35.7 Å². The highest BCUT2D eigenvalue weighted by Gasteiger charge is 2.14. The van der Waals surface area contributed by atoms with Gasteiger partial charge in [0.05, 0.1) is 18.9 Å². The summed E-state index contributed by atoms with van der Waals surface area (Å²) in [5.41, 5.74) is 6.52. The number of benzene rings is 2. The molecular formula is C23H24N2O4S. The topological polar surface area (TPSA) is 74.5 Å². The summed E-state index contributed by atoms with van der Waals surface area (Å²) in [5, 5.41) is 13.7. The summed E-state index contributed by atoms with van der Waals surface area (Å²) in [7, 11) is 0. The largest absolute Gasteiger partial charge is 0.490 e. The Morgan fingerprint density at radius 1 is 1.07 bits per heavy atom. The molecule has 4 rings (SSSR count). The lowest BCUT2D eigenvalue weighted by atomic mass is 9.96. The van der Waals surface area contributed by atoms with Crippen LogP contribution in [0.2, 0.25) is 0 Å². The summed E-state index contributed by atoms with van der Waals surface area (Å²) in [6, 6.07) is 10.2. The van der Waals surface area contributed by atoms with Crippen LogP contribution in [0.3, 0.4) is 0 Å². The van der Waals surface area contributed by atoms with Gasteiger partial charge in [-0.15, -0.1) is 11.3 Å². The molecule has 6 nitrogen and oxygen atoms in total. The zero-order chi connectivity index (χ0) is 21.1. The molecule has 1 aromatic heterocycles. The molecule has 2 aromatic carbocycles. The quantitative estimate of drug-likeness (QED) is 0.411. The lowest BCUT2D eigenvalue weighted by Crippen LogP contribution is -2.06. The summed E-state index contributed by atoms with van der Waals surface area (Å²) in [5.74, 6) is 1.56. The van der Waals surface area contributed by atoms with Crippen molar-refractivity contribution in [3.8, 4) is 22.1 Å². The van der Waals surface area contributed by atoms with Gasteiger partial charge < -0.3 is 9.47 Å². The third kappa shape index (κ3) is 4.62. The molecule has 0 spiro atoms. The molecule has 3 aromatic rings. The summed E-state index contributed by atoms with van der Waals surface area (Å²) in [6.45, 7) is 5.38. The van der Waals surface area contributed by atoms with Gasteiger partial charge in [-0.05, 0) is 54.3 Å². The maximum atomic E-state index is 10.7. The minimum Gasteiger partial charge on any atom is -0.490 e. The van der Waals surface area contributed by atoms with Crippen LogP contribution in [0.25, 0.3) is 10.6 Å². The Kier molecular flexibility index (Phi) is 5.99. The molecule has 0 unspecified atom stereocenters. The number of nitrogens with zero attached hydrogens (tertiary/aromatic N) is 2. The predicted octanol–water partition coefficient (Wildman–Crippen LogP) is 5.00. The molecule has 30 heavy (non-hydrogen) atoms. The second-order valence-electron chi connectivity index (χ2n) is 7.54. The standard InChI is InChI=1S/C23H24N2O4S/c1-15-11-19(16(2)10-17(15)6-7-25(26)27)12-20-14-30-23(24-20)18-4-5-21-22(13-18)29-9-3-8-28-21/h4-5,10-11,13-14H,3,6-9,12H2,1-2H3. The Labute approximate surface area is 179 Å². The number of hydrogen-bond acceptors (Lipinski definition) is 6. The third-order valence-corrected chi connectivity index (χ3v) is 6.22. The Balaban J connectivity index is 1.52. The van der Waals surface area contributed by atoms with E-state index in [0.717, 1.165) is 57.3 Å². The second kappa shape index (κ2) is 8.83. The van der Waals surface area contributed by atoms with Gasteiger partial charge in [0, 0.05) is 35.1 Å². The van der Waals surface area contributed by atoms with Crippen molar-refractivity contribution in [2.75, 3.05) is 19.8 Å². The Bertz CT molecular complexity index is 1080. The van der Waals surface area contributed by atoms with Crippen LogP contribution >= 0.6 is 11.3 Å². The van der Waals surface area contributed by atoms with Crippen LogP contribution in [0.5, 0.6) is 11.5 Å². The van der Waals surface area contributed by atoms with Crippen LogP contribution in [0.1, 0.15) is 34.4 Å². The second-order valence-corrected chi connectivity index (χ2v) is 8.40. The maximum absolute atomic E-state index is 10.7. The third-order valence-electron chi connectivity index (χ3n) is 5.28. The van der Waals surface area contributed by atoms with E-state index in [-0.39, 0.29) is 11.5 Å². The molecule has 0 radical (unpaired) electrons. The van der Waals surface area contributed by atoms with Crippen LogP contribution in [0, 0.1) is 24.0 Å². The molecule has 1 aliphatic rings. The first-order valence-corrected chi connectivity index (χ1v) is 10.9. The Morgan fingerprint density at radius 3 is 2.60 bits per heavy atom. The first-order chi connectivity index (χ1) is 14.5. The molecule has 0 aliphatic carbocycles. The predicted molar refractivity (Wildman–Crippen MR) is 117 cm³/mol. The normalized spacial score (nSPS) is 13.1. The van der Waals surface area contributed by atoms with E-state index in [1.165, 1.54) is 5.56 Å². The Morgan fingerprint density at radius 2 is 1.80 bits per heavy atom. The van der Waals surface area contributed by atoms with Gasteiger partial charge in [0.2, 0.25) is 6.54 Å². The van der Waals surface area contributed by atoms with Crippen LogP contribution in [0.4, 0.5) is 0 Å². The van der Waals surface area contributed by atoms with Crippen molar-refractivity contribution < 1.29 is 14.4 Å². The van der Waals surface area contributed by atoms with E-state index in [0.29, 0.717) is 19.6 Å². The van der Waals surface area contributed by atoms with Crippen LogP contribution in [-0.4, -0.2) is 29.7 Å². The molecule has 2 heterocycles. The van der Waals surface area contributed by atoms with Crippen LogP contribution < -0.4 is 9.47 Å². The summed E-state index contributed by atoms with van der Waals surface area (Å²) < 4.78 is 11.5. The highest BCUT2D eigenvalue weighted by Crippen LogP contribution is 2.35. The molecule has 0 atom stereocenters. The molecule has 0 saturated carbocycles. The van der Waals surface area contributed by atoms with Gasteiger partial charge in [-0.1, -0.05) is 12.1 Å². The fourth-order valence-electron chi connectivity index (χ4n) is 3.62. The van der Waals surface area contributed by atoms with E-state index in [9.17, 15) is 10.1 Å². The van der Waals surface area contributed by atoms with Gasteiger partial charge in [-0.25, -0.2) is 4.98 Å². The van der Waals surface area contributed by atoms with E-state index in [4.69, 9.17) is 14.5 Å². The number of fused-ring (bicyclic) bond motifs is 1. The van der Waals surface area contributed by atoms with Crippen LogP contribution in [-0.2, 0) is 12.8 Å². The first-order valence-electron chi connectivity index (χ1n) is 10.0. The van der Waals surface area contributed by atoms with E-state index in [2.05, 4.69) is 24.4 Å². The molecule has 0 saturated heterocycles. The number of hydrogen-bond donors (Lipinski definition) is 0. The molecule has 156 valence electrons. The average molecular weight is 425 g/mol. The van der Waals surface area contributed by atoms with Crippen molar-refractivity contribution in [1.29, 1.82) is 0 Å². The number of aryl methyl sites for hydroxylation is 2. The van der Waals surface area contributed by atoms with Gasteiger partial charge in [0.25, 0.3) is 0 Å². The maximum Gasteiger partial charge on any atom is 0.207 e. The van der Waals surface area contributed by atoms with Gasteiger partial charge in [-0.2, -0.15) is 0 Å². The van der Waals surface area contributed by atoms with Gasteiger partial charge in [0.1, 0.15) is 5.01 Å². The summed E-state index contributed by atoms with van der Waals surface area (Å²) in [6.07, 6.45) is 2.09. The summed E-state index contributed by atoms with van der Waals surface area (Å²) >= 11 is 1.62. The fourth-order valence-corrected chi connectivity index (χ4v) is 4.44. The minimum atomic E-state index is -0.265. The van der Waals surface area contributed by atoms with Crippen molar-refractivity contribution in [2.24, 2.45) is 0 Å². The monoisotopic (exact) mass is 424 g/mol. The number of aromatic nitrogens is 1. The molecule has 1 aliphatic heterocycles. The van der Waals surface area contributed by atoms with Crippen molar-refractivity contribution in [3.05, 3.63) is 73.8 Å². The van der Waals surface area contributed by atoms with Crippen molar-refractivity contribution >= 4 is 11.3 Å². The zero-order valence-corrected chi connectivity index (χ0v) is 18.0. The van der Waals surface area contributed by atoms with Gasteiger partial charge in [-0.3, -0.25) is 10.1 Å². The molecule has 0 fully saturated rings. The number of ether oxygens (including phenoxy) is 2. The molecular weight excluding hydrogens is 400 g/mol. The molecule has 7 heteroatoms. The zero-order valence-electron chi connectivity index (χ0n) is 17.1. The fraction of sp³-hybridized carbons (Fsp3) is 0.348. The molecule has 0 N–H and O–H groups in total. The minimum absolute atomic E-state index is 0.0371. The van der Waals surface area contributed by atoms with Crippen molar-refractivity contribution in [1.82, 2.24) is 4.98 Å². The van der Waals surface area contributed by atoms with E-state index >= 15 is 0 Å².